The molecule has 1 N–H and O–H groups in total. The van der Waals surface area contributed by atoms with Gasteiger partial charge in [0.2, 0.25) is 11.8 Å². The normalized spacial score (nSPS) is 28.1. The minimum absolute atomic E-state index is 0.0867. The number of carboxylic acid groups (broad SMARTS) is 1. The number of imide groups is 1. The Morgan fingerprint density at radius 3 is 2.75 bits per heavy atom. The molecule has 0 saturated carbocycles. The van der Waals surface area contributed by atoms with Crippen molar-refractivity contribution < 1.29 is 19.5 Å². The van der Waals surface area contributed by atoms with Crippen molar-refractivity contribution in [2.75, 3.05) is 19.6 Å². The SMILES string of the molecule is CCN1C(=O)CC(N2CCCC(CCC(=O)O)C2)C1=O. The van der Waals surface area contributed by atoms with Crippen LogP contribution in [0.1, 0.15) is 39.0 Å². The van der Waals surface area contributed by atoms with Crippen LogP contribution in [-0.4, -0.2) is 58.4 Å². The summed E-state index contributed by atoms with van der Waals surface area (Å²) >= 11 is 0. The second kappa shape index (κ2) is 6.35. The summed E-state index contributed by atoms with van der Waals surface area (Å²) in [6.45, 7) is 3.80. The fourth-order valence-electron chi connectivity index (χ4n) is 3.23. The number of hydrogen-bond donors (Lipinski definition) is 1. The zero-order valence-electron chi connectivity index (χ0n) is 11.9. The lowest BCUT2D eigenvalue weighted by molar-refractivity contribution is -0.140. The smallest absolute Gasteiger partial charge is 0.303 e. The van der Waals surface area contributed by atoms with Crippen molar-refractivity contribution in [1.82, 2.24) is 9.80 Å². The van der Waals surface area contributed by atoms with Crippen LogP contribution < -0.4 is 0 Å². The maximum absolute atomic E-state index is 12.2. The van der Waals surface area contributed by atoms with Gasteiger partial charge < -0.3 is 5.11 Å². The van der Waals surface area contributed by atoms with E-state index in [1.165, 1.54) is 4.90 Å². The number of rotatable bonds is 5. The molecular formula is C14H22N2O4. The first-order valence-electron chi connectivity index (χ1n) is 7.33. The molecular weight excluding hydrogens is 260 g/mol. The maximum Gasteiger partial charge on any atom is 0.303 e. The Morgan fingerprint density at radius 1 is 1.40 bits per heavy atom. The molecule has 2 unspecified atom stereocenters. The minimum Gasteiger partial charge on any atom is -0.481 e. The number of hydrogen-bond acceptors (Lipinski definition) is 4. The maximum atomic E-state index is 12.2. The van der Waals surface area contributed by atoms with E-state index in [-0.39, 0.29) is 30.7 Å². The van der Waals surface area contributed by atoms with Gasteiger partial charge in [-0.3, -0.25) is 24.2 Å². The molecule has 0 spiro atoms. The molecule has 0 bridgehead atoms. The Hall–Kier alpha value is -1.43. The number of piperidine rings is 1. The lowest BCUT2D eigenvalue weighted by Gasteiger charge is -2.35. The second-order valence-electron chi connectivity index (χ2n) is 5.63. The van der Waals surface area contributed by atoms with Crippen LogP contribution in [0.5, 0.6) is 0 Å². The van der Waals surface area contributed by atoms with Gasteiger partial charge in [0.25, 0.3) is 0 Å². The van der Waals surface area contributed by atoms with Gasteiger partial charge in [-0.2, -0.15) is 0 Å². The predicted molar refractivity (Wildman–Crippen MR) is 72.0 cm³/mol. The molecule has 2 aliphatic heterocycles. The number of amides is 2. The fourth-order valence-corrected chi connectivity index (χ4v) is 3.23. The molecule has 0 radical (unpaired) electrons. The molecule has 2 saturated heterocycles. The van der Waals surface area contributed by atoms with E-state index in [0.29, 0.717) is 18.9 Å². The largest absolute Gasteiger partial charge is 0.481 e. The summed E-state index contributed by atoms with van der Waals surface area (Å²) in [5.41, 5.74) is 0. The van der Waals surface area contributed by atoms with Crippen LogP contribution in [0.2, 0.25) is 0 Å². The van der Waals surface area contributed by atoms with Gasteiger partial charge in [0.15, 0.2) is 0 Å². The quantitative estimate of drug-likeness (QED) is 0.751. The predicted octanol–water partition coefficient (Wildman–Crippen LogP) is 0.711. The molecule has 2 amide bonds. The molecule has 6 heteroatoms. The van der Waals surface area contributed by atoms with E-state index in [0.717, 1.165) is 25.9 Å². The monoisotopic (exact) mass is 282 g/mol. The van der Waals surface area contributed by atoms with Crippen molar-refractivity contribution in [2.24, 2.45) is 5.92 Å². The molecule has 6 nitrogen and oxygen atoms in total. The third kappa shape index (κ3) is 3.17. The van der Waals surface area contributed by atoms with E-state index in [2.05, 4.69) is 4.90 Å². The molecule has 112 valence electrons. The lowest BCUT2D eigenvalue weighted by atomic mass is 9.92. The van der Waals surface area contributed by atoms with Crippen molar-refractivity contribution in [2.45, 2.75) is 45.1 Å². The molecule has 0 aliphatic carbocycles. The van der Waals surface area contributed by atoms with Gasteiger partial charge >= 0.3 is 5.97 Å². The number of carbonyl (C=O) groups excluding carboxylic acids is 2. The van der Waals surface area contributed by atoms with E-state index >= 15 is 0 Å². The lowest BCUT2D eigenvalue weighted by Crippen LogP contribution is -2.46. The highest BCUT2D eigenvalue weighted by atomic mass is 16.4. The summed E-state index contributed by atoms with van der Waals surface area (Å²) < 4.78 is 0. The Morgan fingerprint density at radius 2 is 2.15 bits per heavy atom. The molecule has 0 aromatic rings. The van der Waals surface area contributed by atoms with Crippen molar-refractivity contribution >= 4 is 17.8 Å². The highest BCUT2D eigenvalue weighted by Crippen LogP contribution is 2.26. The molecule has 2 heterocycles. The summed E-state index contributed by atoms with van der Waals surface area (Å²) in [5.74, 6) is -0.628. The number of likely N-dealkylation sites (tertiary alicyclic amines) is 2. The van der Waals surface area contributed by atoms with Gasteiger partial charge in [0.05, 0.1) is 12.5 Å². The fraction of sp³-hybridized carbons (Fsp3) is 0.786. The minimum atomic E-state index is -0.772. The topological polar surface area (TPSA) is 77.9 Å². The van der Waals surface area contributed by atoms with Gasteiger partial charge in [-0.25, -0.2) is 0 Å². The van der Waals surface area contributed by atoms with Crippen LogP contribution in [-0.2, 0) is 14.4 Å². The Balaban J connectivity index is 1.94. The third-order valence-electron chi connectivity index (χ3n) is 4.29. The van der Waals surface area contributed by atoms with Gasteiger partial charge in [-0.1, -0.05) is 0 Å². The first kappa shape index (κ1) is 15.0. The first-order valence-corrected chi connectivity index (χ1v) is 7.33. The van der Waals surface area contributed by atoms with Gasteiger partial charge in [-0.05, 0) is 38.6 Å². The van der Waals surface area contributed by atoms with E-state index in [9.17, 15) is 14.4 Å². The molecule has 2 aliphatic rings. The van der Waals surface area contributed by atoms with Gasteiger partial charge in [0, 0.05) is 19.5 Å². The van der Waals surface area contributed by atoms with E-state index < -0.39 is 5.97 Å². The van der Waals surface area contributed by atoms with Crippen molar-refractivity contribution in [3.05, 3.63) is 0 Å². The summed E-state index contributed by atoms with van der Waals surface area (Å²) in [7, 11) is 0. The molecule has 2 rings (SSSR count). The van der Waals surface area contributed by atoms with Crippen LogP contribution in [0.25, 0.3) is 0 Å². The Labute approximate surface area is 118 Å². The highest BCUT2D eigenvalue weighted by Gasteiger charge is 2.42. The molecule has 0 aromatic heterocycles. The molecule has 0 aromatic carbocycles. The number of carbonyl (C=O) groups is 3. The zero-order valence-corrected chi connectivity index (χ0v) is 11.9. The summed E-state index contributed by atoms with van der Waals surface area (Å²) in [4.78, 5) is 38.0. The summed E-state index contributed by atoms with van der Waals surface area (Å²) in [6, 6.07) is -0.324. The molecule has 20 heavy (non-hydrogen) atoms. The van der Waals surface area contributed by atoms with Crippen molar-refractivity contribution in [3.63, 3.8) is 0 Å². The van der Waals surface area contributed by atoms with Crippen molar-refractivity contribution in [3.8, 4) is 0 Å². The molecule has 2 atom stereocenters. The van der Waals surface area contributed by atoms with E-state index in [1.807, 2.05) is 6.92 Å². The molecule has 2 fully saturated rings. The van der Waals surface area contributed by atoms with Crippen LogP contribution in [0.15, 0.2) is 0 Å². The standard InChI is InChI=1S/C14H22N2O4/c1-2-16-12(17)8-11(14(16)20)15-7-3-4-10(9-15)5-6-13(18)19/h10-11H,2-9H2,1H3,(H,18,19). The number of likely N-dealkylation sites (N-methyl/N-ethyl adjacent to an activating group) is 1. The summed E-state index contributed by atoms with van der Waals surface area (Å²) in [6.07, 6.45) is 3.08. The zero-order chi connectivity index (χ0) is 14.7. The van der Waals surface area contributed by atoms with Crippen LogP contribution in [0, 0.1) is 5.92 Å². The van der Waals surface area contributed by atoms with Crippen LogP contribution in [0.3, 0.4) is 0 Å². The van der Waals surface area contributed by atoms with E-state index in [4.69, 9.17) is 5.11 Å². The summed E-state index contributed by atoms with van der Waals surface area (Å²) in [5, 5.41) is 8.75. The highest BCUT2D eigenvalue weighted by molar-refractivity contribution is 6.05. The van der Waals surface area contributed by atoms with Gasteiger partial charge in [-0.15, -0.1) is 0 Å². The van der Waals surface area contributed by atoms with Crippen LogP contribution >= 0.6 is 0 Å². The number of nitrogens with zero attached hydrogens (tertiary/aromatic N) is 2. The van der Waals surface area contributed by atoms with Crippen LogP contribution in [0.4, 0.5) is 0 Å². The Bertz CT molecular complexity index is 410. The average Bonchev–Trinajstić information content (AvgIpc) is 2.71. The third-order valence-corrected chi connectivity index (χ3v) is 4.29. The van der Waals surface area contributed by atoms with E-state index in [1.54, 1.807) is 0 Å². The second-order valence-corrected chi connectivity index (χ2v) is 5.63. The van der Waals surface area contributed by atoms with Crippen molar-refractivity contribution in [1.29, 1.82) is 0 Å². The Kier molecular flexibility index (Phi) is 4.75. The van der Waals surface area contributed by atoms with Gasteiger partial charge in [0.1, 0.15) is 0 Å². The average molecular weight is 282 g/mol. The number of aliphatic carboxylic acids is 1. The first-order chi connectivity index (χ1) is 9.52. The number of carboxylic acids is 1.